The maximum Gasteiger partial charge on any atom is 0.272 e. The Labute approximate surface area is 217 Å². The first-order valence-corrected chi connectivity index (χ1v) is 12.5. The second kappa shape index (κ2) is 14.6. The zero-order valence-corrected chi connectivity index (χ0v) is 21.9. The van der Waals surface area contributed by atoms with Crippen LogP contribution in [-0.4, -0.2) is 52.0 Å². The first-order chi connectivity index (χ1) is 17.6. The van der Waals surface area contributed by atoms with E-state index in [1.807, 2.05) is 51.1 Å². The Bertz CT molecular complexity index is 1080. The zero-order chi connectivity index (χ0) is 27.4. The highest BCUT2D eigenvalue weighted by Gasteiger charge is 2.29. The van der Waals surface area contributed by atoms with Gasteiger partial charge in [0.05, 0.1) is 0 Å². The van der Waals surface area contributed by atoms with Crippen LogP contribution < -0.4 is 21.7 Å². The SMILES string of the molecule is C/C=C/[C@H](CCC(N)=O)NC(=O)[C@H](Cc1ccccc1)NC(=O)[C@H](CC(C)C)NC(=O)c1cc(C)[nH]n1. The molecule has 0 fully saturated rings. The molecule has 2 aromatic rings. The molecule has 0 aliphatic rings. The monoisotopic (exact) mass is 510 g/mol. The van der Waals surface area contributed by atoms with Crippen molar-refractivity contribution >= 4 is 23.6 Å². The largest absolute Gasteiger partial charge is 0.370 e. The fraction of sp³-hybridized carbons (Fsp3) is 0.444. The molecule has 3 atom stereocenters. The number of allylic oxidation sites excluding steroid dienone is 1. The quantitative estimate of drug-likeness (QED) is 0.245. The Morgan fingerprint density at radius 3 is 2.27 bits per heavy atom. The molecule has 0 spiro atoms. The molecule has 0 aliphatic carbocycles. The lowest BCUT2D eigenvalue weighted by Gasteiger charge is -2.25. The van der Waals surface area contributed by atoms with Gasteiger partial charge in [0.25, 0.3) is 5.91 Å². The molecule has 0 aliphatic heterocycles. The molecule has 0 saturated carbocycles. The summed E-state index contributed by atoms with van der Waals surface area (Å²) in [6, 6.07) is 8.73. The Morgan fingerprint density at radius 1 is 1.03 bits per heavy atom. The molecule has 1 aromatic carbocycles. The number of benzene rings is 1. The topological polar surface area (TPSA) is 159 Å². The molecule has 0 unspecified atom stereocenters. The van der Waals surface area contributed by atoms with Gasteiger partial charge < -0.3 is 21.7 Å². The highest BCUT2D eigenvalue weighted by Crippen LogP contribution is 2.10. The molecule has 0 saturated heterocycles. The number of H-pyrrole nitrogens is 1. The summed E-state index contributed by atoms with van der Waals surface area (Å²) in [5, 5.41) is 15.2. The average Bonchev–Trinajstić information content (AvgIpc) is 3.28. The lowest BCUT2D eigenvalue weighted by Crippen LogP contribution is -2.55. The van der Waals surface area contributed by atoms with Crippen LogP contribution >= 0.6 is 0 Å². The highest BCUT2D eigenvalue weighted by atomic mass is 16.2. The van der Waals surface area contributed by atoms with Crippen molar-refractivity contribution in [2.24, 2.45) is 11.7 Å². The number of hydrogen-bond acceptors (Lipinski definition) is 5. The maximum absolute atomic E-state index is 13.4. The second-order valence-electron chi connectivity index (χ2n) is 9.49. The fourth-order valence-corrected chi connectivity index (χ4v) is 3.83. The van der Waals surface area contributed by atoms with Crippen molar-refractivity contribution in [2.75, 3.05) is 0 Å². The number of carbonyl (C=O) groups excluding carboxylic acids is 4. The molecule has 1 heterocycles. The summed E-state index contributed by atoms with van der Waals surface area (Å²) in [4.78, 5) is 50.7. The summed E-state index contributed by atoms with van der Waals surface area (Å²) < 4.78 is 0. The second-order valence-corrected chi connectivity index (χ2v) is 9.49. The van der Waals surface area contributed by atoms with E-state index in [1.54, 1.807) is 25.1 Å². The van der Waals surface area contributed by atoms with Crippen molar-refractivity contribution in [1.29, 1.82) is 0 Å². The van der Waals surface area contributed by atoms with E-state index in [0.717, 1.165) is 11.3 Å². The van der Waals surface area contributed by atoms with Crippen molar-refractivity contribution in [3.8, 4) is 0 Å². The molecule has 200 valence electrons. The number of nitrogens with two attached hydrogens (primary N) is 1. The van der Waals surface area contributed by atoms with Crippen LogP contribution in [0.15, 0.2) is 48.6 Å². The number of amides is 4. The lowest BCUT2D eigenvalue weighted by atomic mass is 10.0. The molecule has 10 nitrogen and oxygen atoms in total. The Kier molecular flexibility index (Phi) is 11.5. The van der Waals surface area contributed by atoms with Gasteiger partial charge >= 0.3 is 0 Å². The van der Waals surface area contributed by atoms with Gasteiger partial charge in [0.1, 0.15) is 17.8 Å². The number of carbonyl (C=O) groups is 4. The molecule has 0 bridgehead atoms. The first kappa shape index (κ1) is 29.3. The van der Waals surface area contributed by atoms with Crippen molar-refractivity contribution in [3.05, 3.63) is 65.5 Å². The molecule has 37 heavy (non-hydrogen) atoms. The minimum Gasteiger partial charge on any atom is -0.370 e. The summed E-state index contributed by atoms with van der Waals surface area (Å²) in [5.74, 6) is -1.70. The number of primary amides is 1. The van der Waals surface area contributed by atoms with E-state index in [9.17, 15) is 19.2 Å². The van der Waals surface area contributed by atoms with Crippen LogP contribution in [0.4, 0.5) is 0 Å². The molecule has 4 amide bonds. The normalized spacial score (nSPS) is 13.6. The predicted molar refractivity (Wildman–Crippen MR) is 141 cm³/mol. The van der Waals surface area contributed by atoms with Gasteiger partial charge in [-0.3, -0.25) is 24.3 Å². The average molecular weight is 511 g/mol. The van der Waals surface area contributed by atoms with E-state index < -0.39 is 41.8 Å². The molecule has 1 aromatic heterocycles. The first-order valence-electron chi connectivity index (χ1n) is 12.5. The van der Waals surface area contributed by atoms with Gasteiger partial charge in [-0.2, -0.15) is 5.10 Å². The zero-order valence-electron chi connectivity index (χ0n) is 21.9. The fourth-order valence-electron chi connectivity index (χ4n) is 3.83. The summed E-state index contributed by atoms with van der Waals surface area (Å²) >= 11 is 0. The van der Waals surface area contributed by atoms with E-state index in [2.05, 4.69) is 26.1 Å². The van der Waals surface area contributed by atoms with Crippen molar-refractivity contribution in [1.82, 2.24) is 26.1 Å². The van der Waals surface area contributed by atoms with Crippen LogP contribution in [0, 0.1) is 12.8 Å². The summed E-state index contributed by atoms with van der Waals surface area (Å²) in [6.07, 6.45) is 4.63. The van der Waals surface area contributed by atoms with Crippen LogP contribution in [0.25, 0.3) is 0 Å². The third-order valence-electron chi connectivity index (χ3n) is 5.64. The summed E-state index contributed by atoms with van der Waals surface area (Å²) in [6.45, 7) is 7.48. The predicted octanol–water partition coefficient (Wildman–Crippen LogP) is 1.92. The van der Waals surface area contributed by atoms with Crippen LogP contribution in [0.3, 0.4) is 0 Å². The molecule has 2 rings (SSSR count). The van der Waals surface area contributed by atoms with Crippen LogP contribution in [0.5, 0.6) is 0 Å². The Hall–Kier alpha value is -3.95. The van der Waals surface area contributed by atoms with E-state index in [1.165, 1.54) is 0 Å². The lowest BCUT2D eigenvalue weighted by molar-refractivity contribution is -0.130. The number of nitrogens with zero attached hydrogens (tertiary/aromatic N) is 1. The Balaban J connectivity index is 2.22. The van der Waals surface area contributed by atoms with E-state index in [0.29, 0.717) is 12.8 Å². The number of aryl methyl sites for hydroxylation is 1. The van der Waals surface area contributed by atoms with Crippen LogP contribution in [0.1, 0.15) is 61.8 Å². The van der Waals surface area contributed by atoms with Gasteiger partial charge in [0.2, 0.25) is 17.7 Å². The number of aromatic amines is 1. The summed E-state index contributed by atoms with van der Waals surface area (Å²) in [7, 11) is 0. The molecule has 10 heteroatoms. The van der Waals surface area contributed by atoms with Gasteiger partial charge in [0.15, 0.2) is 0 Å². The molecular formula is C27H38N6O4. The van der Waals surface area contributed by atoms with Crippen molar-refractivity contribution < 1.29 is 19.2 Å². The van der Waals surface area contributed by atoms with Gasteiger partial charge in [-0.1, -0.05) is 56.3 Å². The minimum atomic E-state index is -0.907. The minimum absolute atomic E-state index is 0.103. The smallest absolute Gasteiger partial charge is 0.272 e. The van der Waals surface area contributed by atoms with Gasteiger partial charge in [0, 0.05) is 24.6 Å². The third kappa shape index (κ3) is 10.3. The third-order valence-corrected chi connectivity index (χ3v) is 5.64. The van der Waals surface area contributed by atoms with Gasteiger partial charge in [-0.15, -0.1) is 0 Å². The highest BCUT2D eigenvalue weighted by molar-refractivity contribution is 5.97. The standard InChI is InChI=1S/C27H38N6O4/c1-5-9-20(12-13-24(28)34)29-25(35)22(16-19-10-7-6-8-11-19)31-26(36)21(14-17(2)3)30-27(37)23-15-18(4)32-33-23/h5-11,15,17,20-22H,12-14,16H2,1-4H3,(H2,28,34)(H,29,35)(H,30,37)(H,31,36)(H,32,33)/b9-5+/t20-,21+,22+/m1/s1. The van der Waals surface area contributed by atoms with Gasteiger partial charge in [-0.05, 0) is 44.2 Å². The van der Waals surface area contributed by atoms with E-state index >= 15 is 0 Å². The van der Waals surface area contributed by atoms with E-state index in [-0.39, 0.29) is 24.5 Å². The van der Waals surface area contributed by atoms with Crippen LogP contribution in [0.2, 0.25) is 0 Å². The maximum atomic E-state index is 13.4. The summed E-state index contributed by atoms with van der Waals surface area (Å²) in [5.41, 5.74) is 7.04. The van der Waals surface area contributed by atoms with Crippen molar-refractivity contribution in [3.63, 3.8) is 0 Å². The number of rotatable bonds is 14. The Morgan fingerprint density at radius 2 is 1.70 bits per heavy atom. The molecule has 0 radical (unpaired) electrons. The number of aromatic nitrogens is 2. The number of hydrogen-bond donors (Lipinski definition) is 5. The molecule has 6 N–H and O–H groups in total. The molecular weight excluding hydrogens is 472 g/mol. The van der Waals surface area contributed by atoms with E-state index in [4.69, 9.17) is 5.73 Å². The van der Waals surface area contributed by atoms with Crippen LogP contribution in [-0.2, 0) is 20.8 Å². The van der Waals surface area contributed by atoms with Gasteiger partial charge in [-0.25, -0.2) is 0 Å². The number of nitrogens with one attached hydrogen (secondary N) is 4. The van der Waals surface area contributed by atoms with Crippen molar-refractivity contribution in [2.45, 2.75) is 71.5 Å².